The van der Waals surface area contributed by atoms with Crippen LogP contribution in [-0.4, -0.2) is 56.1 Å². The van der Waals surface area contributed by atoms with Crippen molar-refractivity contribution < 1.29 is 19.8 Å². The van der Waals surface area contributed by atoms with Crippen molar-refractivity contribution in [3.63, 3.8) is 0 Å². The van der Waals surface area contributed by atoms with Crippen molar-refractivity contribution in [2.24, 2.45) is 5.92 Å². The molecule has 1 aromatic heterocycles. The van der Waals surface area contributed by atoms with E-state index in [0.29, 0.717) is 25.2 Å². The second kappa shape index (κ2) is 5.91. The maximum atomic E-state index is 12.0. The topological polar surface area (TPSA) is 108 Å². The fraction of sp³-hybridized carbons (Fsp3) is 0.583. The van der Waals surface area contributed by atoms with Crippen molar-refractivity contribution in [1.82, 2.24) is 14.7 Å². The number of aliphatic hydroxyl groups excluding tert-OH is 1. The number of anilines is 1. The summed E-state index contributed by atoms with van der Waals surface area (Å²) in [6, 6.07) is -0.265. The summed E-state index contributed by atoms with van der Waals surface area (Å²) in [6.07, 6.45) is 3.07. The average Bonchev–Trinajstić information content (AvgIpc) is 2.79. The van der Waals surface area contributed by atoms with Gasteiger partial charge in [0.25, 0.3) is 0 Å². The minimum Gasteiger partial charge on any atom is -0.480 e. The monoisotopic (exact) mass is 282 g/mol. The number of urea groups is 1. The van der Waals surface area contributed by atoms with E-state index < -0.39 is 5.97 Å². The number of aliphatic hydroxyl groups is 1. The van der Waals surface area contributed by atoms with Crippen molar-refractivity contribution in [2.75, 3.05) is 18.4 Å². The number of hydrogen-bond acceptors (Lipinski definition) is 4. The first-order chi connectivity index (χ1) is 9.45. The SMILES string of the molecule is CC1CN(C(=O)Nc2cnn(CC(=O)O)c2)CCC1O. The number of piperidine rings is 1. The van der Waals surface area contributed by atoms with Gasteiger partial charge in [-0.05, 0) is 12.3 Å². The van der Waals surface area contributed by atoms with E-state index in [4.69, 9.17) is 5.11 Å². The van der Waals surface area contributed by atoms with Crippen molar-refractivity contribution in [3.05, 3.63) is 12.4 Å². The standard InChI is InChI=1S/C12H18N4O4/c1-8-5-15(3-2-10(8)17)12(20)14-9-4-13-16(6-9)7-11(18)19/h4,6,8,10,17H,2-3,5,7H2,1H3,(H,14,20)(H,18,19). The van der Waals surface area contributed by atoms with Gasteiger partial charge in [0.05, 0.1) is 18.0 Å². The van der Waals surface area contributed by atoms with Crippen LogP contribution in [0.2, 0.25) is 0 Å². The molecule has 2 amide bonds. The Kier molecular flexibility index (Phi) is 4.23. The first-order valence-electron chi connectivity index (χ1n) is 6.44. The van der Waals surface area contributed by atoms with Gasteiger partial charge in [-0.2, -0.15) is 5.10 Å². The van der Waals surface area contributed by atoms with Gasteiger partial charge in [-0.3, -0.25) is 9.48 Å². The fourth-order valence-electron chi connectivity index (χ4n) is 2.17. The van der Waals surface area contributed by atoms with Crippen LogP contribution in [0.25, 0.3) is 0 Å². The quantitative estimate of drug-likeness (QED) is 0.734. The molecule has 110 valence electrons. The van der Waals surface area contributed by atoms with Crippen LogP contribution in [0.1, 0.15) is 13.3 Å². The highest BCUT2D eigenvalue weighted by Gasteiger charge is 2.27. The second-order valence-corrected chi connectivity index (χ2v) is 5.03. The van der Waals surface area contributed by atoms with Gasteiger partial charge < -0.3 is 20.4 Å². The second-order valence-electron chi connectivity index (χ2n) is 5.03. The Hall–Kier alpha value is -2.09. The predicted octanol–water partition coefficient (Wildman–Crippen LogP) is 0.202. The lowest BCUT2D eigenvalue weighted by Gasteiger charge is -2.34. The van der Waals surface area contributed by atoms with E-state index in [-0.39, 0.29) is 24.6 Å². The van der Waals surface area contributed by atoms with Gasteiger partial charge in [0.15, 0.2) is 0 Å². The van der Waals surface area contributed by atoms with Crippen LogP contribution in [-0.2, 0) is 11.3 Å². The molecule has 0 saturated carbocycles. The minimum atomic E-state index is -0.996. The molecule has 8 nitrogen and oxygen atoms in total. The highest BCUT2D eigenvalue weighted by Crippen LogP contribution is 2.17. The summed E-state index contributed by atoms with van der Waals surface area (Å²) in [5.74, 6) is -0.950. The van der Waals surface area contributed by atoms with Gasteiger partial charge >= 0.3 is 12.0 Å². The number of carbonyl (C=O) groups is 2. The molecular weight excluding hydrogens is 264 g/mol. The molecule has 2 unspecified atom stereocenters. The predicted molar refractivity (Wildman–Crippen MR) is 70.2 cm³/mol. The van der Waals surface area contributed by atoms with Crippen LogP contribution in [0.3, 0.4) is 0 Å². The minimum absolute atomic E-state index is 0.0456. The van der Waals surface area contributed by atoms with Crippen molar-refractivity contribution in [2.45, 2.75) is 26.0 Å². The lowest BCUT2D eigenvalue weighted by molar-refractivity contribution is -0.137. The number of carbonyl (C=O) groups excluding carboxylic acids is 1. The largest absolute Gasteiger partial charge is 0.480 e. The van der Waals surface area contributed by atoms with Gasteiger partial charge in [0.1, 0.15) is 6.54 Å². The molecule has 0 aliphatic carbocycles. The molecule has 20 heavy (non-hydrogen) atoms. The normalized spacial score (nSPS) is 22.6. The van der Waals surface area contributed by atoms with Crippen LogP contribution in [0.15, 0.2) is 12.4 Å². The number of nitrogens with one attached hydrogen (secondary N) is 1. The molecule has 1 aliphatic heterocycles. The smallest absolute Gasteiger partial charge is 0.325 e. The Labute approximate surface area is 116 Å². The van der Waals surface area contributed by atoms with Crippen LogP contribution in [0.5, 0.6) is 0 Å². The summed E-state index contributed by atoms with van der Waals surface area (Å²) in [4.78, 5) is 24.2. The molecule has 0 aromatic carbocycles. The molecule has 8 heteroatoms. The van der Waals surface area contributed by atoms with Crippen molar-refractivity contribution >= 4 is 17.7 Å². The van der Waals surface area contributed by atoms with E-state index in [9.17, 15) is 14.7 Å². The van der Waals surface area contributed by atoms with Crippen LogP contribution in [0, 0.1) is 5.92 Å². The number of aromatic nitrogens is 2. The van der Waals surface area contributed by atoms with E-state index in [1.807, 2.05) is 6.92 Å². The molecule has 2 atom stereocenters. The van der Waals surface area contributed by atoms with Gasteiger partial charge in [-0.1, -0.05) is 6.92 Å². The molecule has 2 heterocycles. The van der Waals surface area contributed by atoms with E-state index >= 15 is 0 Å². The van der Waals surface area contributed by atoms with Gasteiger partial charge in [0, 0.05) is 19.3 Å². The van der Waals surface area contributed by atoms with Gasteiger partial charge in [0.2, 0.25) is 0 Å². The number of amides is 2. The summed E-state index contributed by atoms with van der Waals surface area (Å²) in [5, 5.41) is 24.8. The molecule has 1 fully saturated rings. The summed E-state index contributed by atoms with van der Waals surface area (Å²) in [6.45, 7) is 2.65. The average molecular weight is 282 g/mol. The first-order valence-corrected chi connectivity index (χ1v) is 6.44. The molecule has 0 radical (unpaired) electrons. The lowest BCUT2D eigenvalue weighted by atomic mass is 9.97. The zero-order valence-electron chi connectivity index (χ0n) is 11.2. The van der Waals surface area contributed by atoms with Crippen LogP contribution >= 0.6 is 0 Å². The Morgan fingerprint density at radius 2 is 2.30 bits per heavy atom. The number of likely N-dealkylation sites (tertiary alicyclic amines) is 1. The van der Waals surface area contributed by atoms with Gasteiger partial charge in [-0.25, -0.2) is 4.79 Å². The Bertz CT molecular complexity index is 501. The summed E-state index contributed by atoms with van der Waals surface area (Å²) in [5.41, 5.74) is 0.454. The first kappa shape index (κ1) is 14.3. The zero-order chi connectivity index (χ0) is 14.7. The highest BCUT2D eigenvalue weighted by atomic mass is 16.4. The molecule has 0 spiro atoms. The Morgan fingerprint density at radius 1 is 1.55 bits per heavy atom. The number of hydrogen-bond donors (Lipinski definition) is 3. The van der Waals surface area contributed by atoms with Crippen LogP contribution in [0.4, 0.5) is 10.5 Å². The highest BCUT2D eigenvalue weighted by molar-refractivity contribution is 5.89. The Balaban J connectivity index is 1.91. The molecule has 3 N–H and O–H groups in total. The fourth-order valence-corrected chi connectivity index (χ4v) is 2.17. The molecule has 1 aliphatic rings. The van der Waals surface area contributed by atoms with E-state index in [2.05, 4.69) is 10.4 Å². The number of carboxylic acid groups (broad SMARTS) is 1. The Morgan fingerprint density at radius 3 is 2.95 bits per heavy atom. The molecule has 1 saturated heterocycles. The van der Waals surface area contributed by atoms with Crippen molar-refractivity contribution in [1.29, 1.82) is 0 Å². The van der Waals surface area contributed by atoms with E-state index in [1.54, 1.807) is 4.90 Å². The van der Waals surface area contributed by atoms with E-state index in [1.165, 1.54) is 17.1 Å². The maximum absolute atomic E-state index is 12.0. The zero-order valence-corrected chi connectivity index (χ0v) is 11.2. The maximum Gasteiger partial charge on any atom is 0.325 e. The number of nitrogens with zero attached hydrogens (tertiary/aromatic N) is 3. The van der Waals surface area contributed by atoms with Gasteiger partial charge in [-0.15, -0.1) is 0 Å². The third-order valence-corrected chi connectivity index (χ3v) is 3.33. The molecule has 1 aromatic rings. The third-order valence-electron chi connectivity index (χ3n) is 3.33. The summed E-state index contributed by atoms with van der Waals surface area (Å²) < 4.78 is 1.24. The third kappa shape index (κ3) is 3.47. The number of rotatable bonds is 3. The summed E-state index contributed by atoms with van der Waals surface area (Å²) in [7, 11) is 0. The molecule has 2 rings (SSSR count). The van der Waals surface area contributed by atoms with Crippen LogP contribution < -0.4 is 5.32 Å². The lowest BCUT2D eigenvalue weighted by Crippen LogP contribution is -2.46. The summed E-state index contributed by atoms with van der Waals surface area (Å²) >= 11 is 0. The van der Waals surface area contributed by atoms with Crippen molar-refractivity contribution in [3.8, 4) is 0 Å². The molecular formula is C12H18N4O4. The molecule has 0 bridgehead atoms. The van der Waals surface area contributed by atoms with E-state index in [0.717, 1.165) is 0 Å². The number of aliphatic carboxylic acids is 1. The number of carboxylic acids is 1.